The number of halogens is 1. The van der Waals surface area contributed by atoms with Crippen molar-refractivity contribution in [2.24, 2.45) is 0 Å². The predicted octanol–water partition coefficient (Wildman–Crippen LogP) is 2.30. The molecule has 5 heteroatoms. The number of nitrogens with two attached hydrogens (primary N) is 1. The molecule has 0 saturated carbocycles. The summed E-state index contributed by atoms with van der Waals surface area (Å²) >= 11 is 5.96. The van der Waals surface area contributed by atoms with Crippen LogP contribution in [0.5, 0.6) is 0 Å². The van der Waals surface area contributed by atoms with E-state index in [4.69, 9.17) is 22.4 Å². The molecule has 1 unspecified atom stereocenters. The number of nitrogen functional groups attached to an aromatic ring is 1. The van der Waals surface area contributed by atoms with E-state index < -0.39 is 0 Å². The van der Waals surface area contributed by atoms with Crippen molar-refractivity contribution in [3.63, 3.8) is 0 Å². The molecule has 0 bridgehead atoms. The second-order valence-corrected chi connectivity index (χ2v) is 5.27. The molecule has 1 aliphatic rings. The first kappa shape index (κ1) is 14.2. The van der Waals surface area contributed by atoms with Crippen molar-refractivity contribution in [3.8, 4) is 0 Å². The molecule has 4 nitrogen and oxygen atoms in total. The van der Waals surface area contributed by atoms with E-state index in [9.17, 15) is 4.79 Å². The van der Waals surface area contributed by atoms with E-state index in [1.807, 2.05) is 4.90 Å². The number of rotatable bonds is 4. The van der Waals surface area contributed by atoms with Gasteiger partial charge in [-0.15, -0.1) is 0 Å². The molecule has 1 amide bonds. The Kier molecular flexibility index (Phi) is 4.66. The largest absolute Gasteiger partial charge is 0.397 e. The van der Waals surface area contributed by atoms with Gasteiger partial charge in [0.15, 0.2) is 0 Å². The number of amides is 1. The van der Waals surface area contributed by atoms with Crippen LogP contribution in [0.2, 0.25) is 5.02 Å². The second-order valence-electron chi connectivity index (χ2n) is 4.86. The molecule has 1 heterocycles. The second kappa shape index (κ2) is 6.26. The van der Waals surface area contributed by atoms with Crippen LogP contribution in [-0.4, -0.2) is 35.1 Å². The van der Waals surface area contributed by atoms with E-state index in [1.54, 1.807) is 18.2 Å². The normalized spacial score (nSPS) is 18.8. The van der Waals surface area contributed by atoms with Crippen LogP contribution in [0.1, 0.15) is 36.0 Å². The number of aliphatic hydroxyl groups is 1. The zero-order chi connectivity index (χ0) is 13.8. The quantitative estimate of drug-likeness (QED) is 0.833. The lowest BCUT2D eigenvalue weighted by Gasteiger charge is -2.25. The minimum Gasteiger partial charge on any atom is -0.397 e. The van der Waals surface area contributed by atoms with Crippen LogP contribution in [-0.2, 0) is 0 Å². The molecule has 1 saturated heterocycles. The van der Waals surface area contributed by atoms with Crippen LogP contribution in [0.3, 0.4) is 0 Å². The first-order valence-corrected chi connectivity index (χ1v) is 6.98. The van der Waals surface area contributed by atoms with E-state index in [0.717, 1.165) is 32.2 Å². The van der Waals surface area contributed by atoms with Crippen molar-refractivity contribution in [2.75, 3.05) is 18.9 Å². The van der Waals surface area contributed by atoms with Crippen molar-refractivity contribution in [1.82, 2.24) is 4.90 Å². The SMILES string of the molecule is Nc1c(Cl)cccc1C(=O)N1CCCC1CCCO. The molecule has 104 valence electrons. The number of carbonyl (C=O) groups excluding carboxylic acids is 1. The summed E-state index contributed by atoms with van der Waals surface area (Å²) in [4.78, 5) is 14.4. The number of carbonyl (C=O) groups is 1. The third kappa shape index (κ3) is 3.01. The fourth-order valence-corrected chi connectivity index (χ4v) is 2.78. The molecular weight excluding hydrogens is 264 g/mol. The number of hydrogen-bond acceptors (Lipinski definition) is 3. The van der Waals surface area contributed by atoms with Gasteiger partial charge in [0, 0.05) is 19.2 Å². The molecule has 0 aromatic heterocycles. The zero-order valence-electron chi connectivity index (χ0n) is 10.8. The lowest BCUT2D eigenvalue weighted by atomic mass is 10.1. The van der Waals surface area contributed by atoms with Crippen molar-refractivity contribution >= 4 is 23.2 Å². The topological polar surface area (TPSA) is 66.6 Å². The monoisotopic (exact) mass is 282 g/mol. The Balaban J connectivity index is 2.16. The van der Waals surface area contributed by atoms with Gasteiger partial charge in [-0.3, -0.25) is 4.79 Å². The molecule has 19 heavy (non-hydrogen) atoms. The van der Waals surface area contributed by atoms with Crippen LogP contribution >= 0.6 is 11.6 Å². The molecule has 1 aliphatic heterocycles. The Morgan fingerprint density at radius 2 is 2.32 bits per heavy atom. The summed E-state index contributed by atoms with van der Waals surface area (Å²) in [6.45, 7) is 0.915. The van der Waals surface area contributed by atoms with Crippen LogP contribution in [0, 0.1) is 0 Å². The fourth-order valence-electron chi connectivity index (χ4n) is 2.61. The number of nitrogens with zero attached hydrogens (tertiary/aromatic N) is 1. The van der Waals surface area contributed by atoms with E-state index in [-0.39, 0.29) is 18.6 Å². The van der Waals surface area contributed by atoms with Gasteiger partial charge in [0.05, 0.1) is 16.3 Å². The Morgan fingerprint density at radius 1 is 1.53 bits per heavy atom. The first-order valence-electron chi connectivity index (χ1n) is 6.61. The molecule has 1 fully saturated rings. The first-order chi connectivity index (χ1) is 9.15. The van der Waals surface area contributed by atoms with Crippen molar-refractivity contribution in [3.05, 3.63) is 28.8 Å². The molecule has 0 radical (unpaired) electrons. The maximum Gasteiger partial charge on any atom is 0.256 e. The summed E-state index contributed by atoms with van der Waals surface area (Å²) < 4.78 is 0. The minimum absolute atomic E-state index is 0.0551. The summed E-state index contributed by atoms with van der Waals surface area (Å²) in [5, 5.41) is 9.32. The van der Waals surface area contributed by atoms with Gasteiger partial charge in [0.1, 0.15) is 0 Å². The fraction of sp³-hybridized carbons (Fsp3) is 0.500. The zero-order valence-corrected chi connectivity index (χ0v) is 11.6. The van der Waals surface area contributed by atoms with Gasteiger partial charge in [-0.1, -0.05) is 17.7 Å². The highest BCUT2D eigenvalue weighted by Gasteiger charge is 2.29. The maximum atomic E-state index is 12.5. The van der Waals surface area contributed by atoms with Crippen LogP contribution in [0.4, 0.5) is 5.69 Å². The van der Waals surface area contributed by atoms with Crippen LogP contribution in [0.15, 0.2) is 18.2 Å². The average Bonchev–Trinajstić information content (AvgIpc) is 2.87. The standard InChI is InChI=1S/C14H19ClN2O2/c15-12-7-1-6-11(13(12)16)14(19)17-8-2-4-10(17)5-3-9-18/h1,6-7,10,18H,2-5,8-9,16H2. The van der Waals surface area contributed by atoms with Gasteiger partial charge < -0.3 is 15.7 Å². The Labute approximate surface area is 118 Å². The number of hydrogen-bond donors (Lipinski definition) is 2. The lowest BCUT2D eigenvalue weighted by Crippen LogP contribution is -2.36. The average molecular weight is 283 g/mol. The summed E-state index contributed by atoms with van der Waals surface area (Å²) in [6.07, 6.45) is 3.55. The lowest BCUT2D eigenvalue weighted by molar-refractivity contribution is 0.0725. The molecule has 1 aromatic rings. The Morgan fingerprint density at radius 3 is 3.05 bits per heavy atom. The van der Waals surface area contributed by atoms with Gasteiger partial charge in [0.2, 0.25) is 0 Å². The number of para-hydroxylation sites is 1. The van der Waals surface area contributed by atoms with Gasteiger partial charge >= 0.3 is 0 Å². The molecule has 0 aliphatic carbocycles. The van der Waals surface area contributed by atoms with Gasteiger partial charge in [-0.25, -0.2) is 0 Å². The van der Waals surface area contributed by atoms with Crippen LogP contribution in [0.25, 0.3) is 0 Å². The Hall–Kier alpha value is -1.26. The van der Waals surface area contributed by atoms with E-state index >= 15 is 0 Å². The third-order valence-electron chi connectivity index (χ3n) is 3.62. The highest BCUT2D eigenvalue weighted by Crippen LogP contribution is 2.28. The van der Waals surface area contributed by atoms with Crippen molar-refractivity contribution in [1.29, 1.82) is 0 Å². The smallest absolute Gasteiger partial charge is 0.256 e. The highest BCUT2D eigenvalue weighted by atomic mass is 35.5. The van der Waals surface area contributed by atoms with E-state index in [1.165, 1.54) is 0 Å². The molecular formula is C14H19ClN2O2. The van der Waals surface area contributed by atoms with Crippen LogP contribution < -0.4 is 5.73 Å². The summed E-state index contributed by atoms with van der Waals surface area (Å²) in [5.41, 5.74) is 6.70. The minimum atomic E-state index is -0.0551. The molecule has 2 rings (SSSR count). The van der Waals surface area contributed by atoms with Gasteiger partial charge in [0.25, 0.3) is 5.91 Å². The summed E-state index contributed by atoms with van der Waals surface area (Å²) in [5.74, 6) is -0.0551. The molecule has 0 spiro atoms. The molecule has 1 aromatic carbocycles. The maximum absolute atomic E-state index is 12.5. The Bertz CT molecular complexity index is 465. The van der Waals surface area contributed by atoms with E-state index in [2.05, 4.69) is 0 Å². The van der Waals surface area contributed by atoms with E-state index in [0.29, 0.717) is 16.3 Å². The number of aliphatic hydroxyl groups excluding tert-OH is 1. The summed E-state index contributed by atoms with van der Waals surface area (Å²) in [7, 11) is 0. The number of anilines is 1. The van der Waals surface area contributed by atoms with Crippen molar-refractivity contribution in [2.45, 2.75) is 31.7 Å². The number of benzene rings is 1. The van der Waals surface area contributed by atoms with Gasteiger partial charge in [-0.2, -0.15) is 0 Å². The third-order valence-corrected chi connectivity index (χ3v) is 3.95. The van der Waals surface area contributed by atoms with Crippen molar-refractivity contribution < 1.29 is 9.90 Å². The summed E-state index contributed by atoms with van der Waals surface area (Å²) in [6, 6.07) is 5.34. The van der Waals surface area contributed by atoms with Gasteiger partial charge in [-0.05, 0) is 37.8 Å². The molecule has 1 atom stereocenters. The highest BCUT2D eigenvalue weighted by molar-refractivity contribution is 6.33. The molecule has 3 N–H and O–H groups in total. The predicted molar refractivity (Wildman–Crippen MR) is 76.2 cm³/mol. The number of likely N-dealkylation sites (tertiary alicyclic amines) is 1.